The van der Waals surface area contributed by atoms with Gasteiger partial charge in [-0.15, -0.1) is 0 Å². The van der Waals surface area contributed by atoms with E-state index in [2.05, 4.69) is 4.98 Å². The van der Waals surface area contributed by atoms with Crippen molar-refractivity contribution >= 4 is 10.9 Å². The third-order valence-electron chi connectivity index (χ3n) is 1.85. The van der Waals surface area contributed by atoms with Gasteiger partial charge in [-0.05, 0) is 30.7 Å². The van der Waals surface area contributed by atoms with E-state index in [1.165, 1.54) is 12.3 Å². The minimum absolute atomic E-state index is 0.208. The molecule has 1 nitrogen and oxygen atoms in total. The monoisotopic (exact) mass is 161 g/mol. The van der Waals surface area contributed by atoms with Crippen LogP contribution in [0.25, 0.3) is 10.9 Å². The first-order valence-corrected chi connectivity index (χ1v) is 3.78. The van der Waals surface area contributed by atoms with Crippen molar-refractivity contribution in [1.29, 1.82) is 0 Å². The van der Waals surface area contributed by atoms with Gasteiger partial charge in [0.2, 0.25) is 0 Å². The Labute approximate surface area is 69.9 Å². The predicted octanol–water partition coefficient (Wildman–Crippen LogP) is 2.68. The van der Waals surface area contributed by atoms with Gasteiger partial charge in [0.25, 0.3) is 0 Å². The molecule has 0 radical (unpaired) electrons. The molecule has 0 bridgehead atoms. The van der Waals surface area contributed by atoms with Crippen LogP contribution in [0.15, 0.2) is 30.5 Å². The molecule has 0 unspecified atom stereocenters. The molecule has 2 heteroatoms. The molecule has 0 aliphatic heterocycles. The molecule has 1 aromatic carbocycles. The summed E-state index contributed by atoms with van der Waals surface area (Å²) in [5.74, 6) is -0.208. The van der Waals surface area contributed by atoms with Crippen LogP contribution in [-0.2, 0) is 0 Å². The van der Waals surface area contributed by atoms with E-state index in [0.717, 1.165) is 11.1 Å². The maximum atomic E-state index is 13.1. The number of pyridine rings is 1. The molecule has 1 heterocycles. The van der Waals surface area contributed by atoms with Gasteiger partial charge in [0.1, 0.15) is 5.82 Å². The topological polar surface area (TPSA) is 12.9 Å². The zero-order chi connectivity index (χ0) is 8.55. The van der Waals surface area contributed by atoms with E-state index in [1.807, 2.05) is 19.1 Å². The maximum absolute atomic E-state index is 13.1. The summed E-state index contributed by atoms with van der Waals surface area (Å²) in [6.07, 6.45) is 1.48. The van der Waals surface area contributed by atoms with Gasteiger partial charge in [-0.2, -0.15) is 0 Å². The van der Waals surface area contributed by atoms with Gasteiger partial charge >= 0.3 is 0 Å². The van der Waals surface area contributed by atoms with Crippen molar-refractivity contribution in [2.45, 2.75) is 6.92 Å². The highest BCUT2D eigenvalue weighted by molar-refractivity contribution is 5.79. The molecule has 0 amide bonds. The molecule has 0 saturated heterocycles. The molecule has 0 N–H and O–H groups in total. The number of aryl methyl sites for hydroxylation is 1. The van der Waals surface area contributed by atoms with Crippen molar-refractivity contribution in [3.63, 3.8) is 0 Å². The lowest BCUT2D eigenvalue weighted by atomic mass is 10.1. The molecule has 60 valence electrons. The average molecular weight is 161 g/mol. The number of halogens is 1. The van der Waals surface area contributed by atoms with Crippen molar-refractivity contribution in [2.75, 3.05) is 0 Å². The SMILES string of the molecule is Cc1ccc2c(F)ccnc2c1. The van der Waals surface area contributed by atoms with Crippen LogP contribution in [-0.4, -0.2) is 4.98 Å². The van der Waals surface area contributed by atoms with Crippen LogP contribution >= 0.6 is 0 Å². The molecule has 2 rings (SSSR count). The molecular weight excluding hydrogens is 153 g/mol. The Morgan fingerprint density at radius 1 is 1.25 bits per heavy atom. The summed E-state index contributed by atoms with van der Waals surface area (Å²) in [5.41, 5.74) is 1.82. The van der Waals surface area contributed by atoms with E-state index in [0.29, 0.717) is 5.39 Å². The lowest BCUT2D eigenvalue weighted by Gasteiger charge is -1.98. The fourth-order valence-electron chi connectivity index (χ4n) is 1.22. The lowest BCUT2D eigenvalue weighted by Crippen LogP contribution is -1.83. The van der Waals surface area contributed by atoms with Crippen LogP contribution in [0.4, 0.5) is 4.39 Å². The van der Waals surface area contributed by atoms with E-state index in [9.17, 15) is 4.39 Å². The zero-order valence-electron chi connectivity index (χ0n) is 6.71. The normalized spacial score (nSPS) is 10.5. The molecule has 0 spiro atoms. The standard InChI is InChI=1S/C10H8FN/c1-7-2-3-8-9(11)4-5-12-10(8)6-7/h2-6H,1H3. The summed E-state index contributed by atoms with van der Waals surface area (Å²) in [5, 5.41) is 0.586. The number of fused-ring (bicyclic) bond motifs is 1. The Kier molecular flexibility index (Phi) is 1.54. The van der Waals surface area contributed by atoms with E-state index >= 15 is 0 Å². The summed E-state index contributed by atoms with van der Waals surface area (Å²) >= 11 is 0. The van der Waals surface area contributed by atoms with Gasteiger partial charge in [0.05, 0.1) is 5.52 Å². The molecular formula is C10H8FN. The highest BCUT2D eigenvalue weighted by Crippen LogP contribution is 2.15. The van der Waals surface area contributed by atoms with Gasteiger partial charge in [-0.3, -0.25) is 4.98 Å². The van der Waals surface area contributed by atoms with Crippen LogP contribution in [0.2, 0.25) is 0 Å². The molecule has 0 aliphatic rings. The van der Waals surface area contributed by atoms with Crippen molar-refractivity contribution < 1.29 is 4.39 Å². The molecule has 1 aromatic heterocycles. The largest absolute Gasteiger partial charge is 0.256 e. The van der Waals surface area contributed by atoms with E-state index in [4.69, 9.17) is 0 Å². The maximum Gasteiger partial charge on any atom is 0.134 e. The predicted molar refractivity (Wildman–Crippen MR) is 46.4 cm³/mol. The summed E-state index contributed by atoms with van der Waals surface area (Å²) in [7, 11) is 0. The molecule has 12 heavy (non-hydrogen) atoms. The summed E-state index contributed by atoms with van der Waals surface area (Å²) in [4.78, 5) is 4.06. The molecule has 2 aromatic rings. The molecule has 0 saturated carbocycles. The molecule has 0 aliphatic carbocycles. The second-order valence-corrected chi connectivity index (χ2v) is 2.81. The third-order valence-corrected chi connectivity index (χ3v) is 1.85. The number of hydrogen-bond donors (Lipinski definition) is 0. The number of rotatable bonds is 0. The fourth-order valence-corrected chi connectivity index (χ4v) is 1.22. The Morgan fingerprint density at radius 3 is 2.92 bits per heavy atom. The van der Waals surface area contributed by atoms with Crippen molar-refractivity contribution in [1.82, 2.24) is 4.98 Å². The van der Waals surface area contributed by atoms with Crippen LogP contribution in [0.1, 0.15) is 5.56 Å². The zero-order valence-corrected chi connectivity index (χ0v) is 6.71. The lowest BCUT2D eigenvalue weighted by molar-refractivity contribution is 0.638. The van der Waals surface area contributed by atoms with Gasteiger partial charge in [0, 0.05) is 11.6 Å². The second-order valence-electron chi connectivity index (χ2n) is 2.81. The van der Waals surface area contributed by atoms with Crippen molar-refractivity contribution in [3.05, 3.63) is 41.8 Å². The number of hydrogen-bond acceptors (Lipinski definition) is 1. The second kappa shape index (κ2) is 2.55. The summed E-state index contributed by atoms with van der Waals surface area (Å²) in [6, 6.07) is 6.89. The van der Waals surface area contributed by atoms with E-state index in [1.54, 1.807) is 6.07 Å². The van der Waals surface area contributed by atoms with Crippen LogP contribution in [0, 0.1) is 12.7 Å². The van der Waals surface area contributed by atoms with Gasteiger partial charge in [-0.1, -0.05) is 6.07 Å². The highest BCUT2D eigenvalue weighted by Gasteiger charge is 1.99. The number of aromatic nitrogens is 1. The van der Waals surface area contributed by atoms with Gasteiger partial charge in [-0.25, -0.2) is 4.39 Å². The van der Waals surface area contributed by atoms with Crippen LogP contribution < -0.4 is 0 Å². The van der Waals surface area contributed by atoms with Gasteiger partial charge in [0.15, 0.2) is 0 Å². The highest BCUT2D eigenvalue weighted by atomic mass is 19.1. The van der Waals surface area contributed by atoms with Crippen LogP contribution in [0.5, 0.6) is 0 Å². The fraction of sp³-hybridized carbons (Fsp3) is 0.100. The van der Waals surface area contributed by atoms with E-state index < -0.39 is 0 Å². The first-order chi connectivity index (χ1) is 5.77. The first-order valence-electron chi connectivity index (χ1n) is 3.78. The minimum atomic E-state index is -0.208. The summed E-state index contributed by atoms with van der Waals surface area (Å²) < 4.78 is 13.1. The first kappa shape index (κ1) is 7.22. The third kappa shape index (κ3) is 1.05. The Bertz CT molecular complexity index is 423. The Balaban J connectivity index is 2.86. The minimum Gasteiger partial charge on any atom is -0.256 e. The van der Waals surface area contributed by atoms with Gasteiger partial charge < -0.3 is 0 Å². The van der Waals surface area contributed by atoms with Crippen molar-refractivity contribution in [3.8, 4) is 0 Å². The Morgan fingerprint density at radius 2 is 2.08 bits per heavy atom. The van der Waals surface area contributed by atoms with Crippen molar-refractivity contribution in [2.24, 2.45) is 0 Å². The number of benzene rings is 1. The Hall–Kier alpha value is -1.44. The quantitative estimate of drug-likeness (QED) is 0.578. The molecule has 0 atom stereocenters. The average Bonchev–Trinajstić information content (AvgIpc) is 2.04. The smallest absolute Gasteiger partial charge is 0.134 e. The van der Waals surface area contributed by atoms with E-state index in [-0.39, 0.29) is 5.82 Å². The number of nitrogens with zero attached hydrogens (tertiary/aromatic N) is 1. The molecule has 0 fully saturated rings. The van der Waals surface area contributed by atoms with Crippen LogP contribution in [0.3, 0.4) is 0 Å². The summed E-state index contributed by atoms with van der Waals surface area (Å²) in [6.45, 7) is 1.96.